The Morgan fingerprint density at radius 1 is 1.06 bits per heavy atom. The Morgan fingerprint density at radius 3 is 2.59 bits per heavy atom. The van der Waals surface area contributed by atoms with Crippen LogP contribution >= 0.6 is 11.8 Å². The van der Waals surface area contributed by atoms with E-state index in [1.165, 1.54) is 30.7 Å². The van der Waals surface area contributed by atoms with Gasteiger partial charge in [0, 0.05) is 17.1 Å². The van der Waals surface area contributed by atoms with Crippen LogP contribution < -0.4 is 4.74 Å². The lowest BCUT2D eigenvalue weighted by atomic mass is 9.95. The average Bonchev–Trinajstić information content (AvgIpc) is 3.43. The van der Waals surface area contributed by atoms with Gasteiger partial charge in [0.2, 0.25) is 0 Å². The Bertz CT molecular complexity index is 1400. The summed E-state index contributed by atoms with van der Waals surface area (Å²) >= 11 is 1.40. The van der Waals surface area contributed by atoms with E-state index in [0.29, 0.717) is 33.4 Å². The van der Waals surface area contributed by atoms with Gasteiger partial charge in [-0.15, -0.1) is 11.8 Å². The predicted molar refractivity (Wildman–Crippen MR) is 130 cm³/mol. The minimum atomic E-state index is -0.600. The lowest BCUT2D eigenvalue weighted by Crippen LogP contribution is -2.43. The molecule has 2 aliphatic heterocycles. The monoisotopic (exact) mass is 478 g/mol. The highest BCUT2D eigenvalue weighted by Crippen LogP contribution is 2.39. The van der Waals surface area contributed by atoms with Gasteiger partial charge in [0.05, 0.1) is 10.9 Å². The van der Waals surface area contributed by atoms with Crippen LogP contribution in [-0.4, -0.2) is 51.3 Å². The maximum Gasteiger partial charge on any atom is 0.318 e. The topological polar surface area (TPSA) is 51.1 Å². The molecular formula is C26H24F2N4OS. The van der Waals surface area contributed by atoms with Crippen LogP contribution in [-0.2, 0) is 0 Å². The molecule has 0 N–H and O–H groups in total. The van der Waals surface area contributed by atoms with E-state index in [1.807, 2.05) is 6.26 Å². The highest BCUT2D eigenvalue weighted by Gasteiger charge is 2.45. The van der Waals surface area contributed by atoms with Gasteiger partial charge in [-0.2, -0.15) is 9.97 Å². The standard InChI is InChI=1S/C26H24F2N4OS/c1-34-24-18-14-29-22(17-8-2-6-16-7-3-9-19(27)20(16)17)21(28)23(18)30-25(31-24)33-15-26-10-4-12-32(26)13-5-11-26/h2-3,6-9,14H,4-5,10-13,15H2,1H3. The van der Waals surface area contributed by atoms with E-state index in [2.05, 4.69) is 19.9 Å². The maximum atomic E-state index is 15.9. The van der Waals surface area contributed by atoms with Gasteiger partial charge in [-0.25, -0.2) is 8.78 Å². The van der Waals surface area contributed by atoms with Gasteiger partial charge >= 0.3 is 6.01 Å². The predicted octanol–water partition coefficient (Wildman–Crippen LogP) is 5.85. The van der Waals surface area contributed by atoms with Crippen molar-refractivity contribution in [3.05, 3.63) is 54.2 Å². The van der Waals surface area contributed by atoms with Crippen LogP contribution in [0.15, 0.2) is 47.6 Å². The third kappa shape index (κ3) is 3.43. The molecule has 2 aromatic heterocycles. The Hall–Kier alpha value is -2.84. The van der Waals surface area contributed by atoms with Crippen molar-refractivity contribution in [2.45, 2.75) is 36.2 Å². The molecular weight excluding hydrogens is 454 g/mol. The summed E-state index contributed by atoms with van der Waals surface area (Å²) in [5, 5.41) is 2.15. The molecule has 5 nitrogen and oxygen atoms in total. The quantitative estimate of drug-likeness (QED) is 0.265. The Labute approximate surface area is 200 Å². The van der Waals surface area contributed by atoms with E-state index in [-0.39, 0.29) is 22.8 Å². The minimum absolute atomic E-state index is 0.0419. The molecule has 8 heteroatoms. The van der Waals surface area contributed by atoms with Crippen LogP contribution in [0.1, 0.15) is 25.7 Å². The number of thioether (sulfide) groups is 1. The first-order chi connectivity index (χ1) is 16.6. The first kappa shape index (κ1) is 21.7. The zero-order valence-electron chi connectivity index (χ0n) is 18.9. The molecule has 4 aromatic rings. The Morgan fingerprint density at radius 2 is 1.82 bits per heavy atom. The molecule has 0 atom stereocenters. The van der Waals surface area contributed by atoms with Gasteiger partial charge in [0.15, 0.2) is 5.82 Å². The second kappa shape index (κ2) is 8.43. The molecule has 0 spiro atoms. The Balaban J connectivity index is 1.44. The summed E-state index contributed by atoms with van der Waals surface area (Å²) in [5.74, 6) is -1.01. The Kier molecular flexibility index (Phi) is 5.37. The fourth-order valence-electron chi connectivity index (χ4n) is 5.57. The average molecular weight is 479 g/mol. The van der Waals surface area contributed by atoms with E-state index in [9.17, 15) is 4.39 Å². The second-order valence-corrected chi connectivity index (χ2v) is 9.84. The number of hydrogen-bond acceptors (Lipinski definition) is 6. The summed E-state index contributed by atoms with van der Waals surface area (Å²) in [6.07, 6.45) is 7.99. The van der Waals surface area contributed by atoms with Crippen molar-refractivity contribution in [3.8, 4) is 17.3 Å². The molecule has 0 amide bonds. The molecule has 0 bridgehead atoms. The molecule has 0 radical (unpaired) electrons. The summed E-state index contributed by atoms with van der Waals surface area (Å²) in [5.41, 5.74) is 0.643. The van der Waals surface area contributed by atoms with E-state index in [1.54, 1.807) is 36.5 Å². The van der Waals surface area contributed by atoms with Gasteiger partial charge < -0.3 is 4.74 Å². The molecule has 6 rings (SSSR count). The smallest absolute Gasteiger partial charge is 0.318 e. The van der Waals surface area contributed by atoms with Crippen LogP contribution in [0.3, 0.4) is 0 Å². The van der Waals surface area contributed by atoms with Crippen molar-refractivity contribution in [2.75, 3.05) is 26.0 Å². The van der Waals surface area contributed by atoms with Gasteiger partial charge in [0.25, 0.3) is 0 Å². The van der Waals surface area contributed by atoms with Gasteiger partial charge in [-0.3, -0.25) is 9.88 Å². The number of aromatic nitrogens is 3. The van der Waals surface area contributed by atoms with Crippen LogP contribution in [0.5, 0.6) is 6.01 Å². The number of benzene rings is 2. The zero-order chi connectivity index (χ0) is 23.3. The summed E-state index contributed by atoms with van der Waals surface area (Å²) in [6.45, 7) is 2.70. The third-order valence-corrected chi connectivity index (χ3v) is 7.91. The summed E-state index contributed by atoms with van der Waals surface area (Å²) in [4.78, 5) is 15.9. The van der Waals surface area contributed by atoms with E-state index >= 15 is 4.39 Å². The number of fused-ring (bicyclic) bond motifs is 3. The molecule has 0 unspecified atom stereocenters. The van der Waals surface area contributed by atoms with Crippen LogP contribution in [0.2, 0.25) is 0 Å². The van der Waals surface area contributed by atoms with Crippen LogP contribution in [0.4, 0.5) is 8.78 Å². The zero-order valence-corrected chi connectivity index (χ0v) is 19.7. The highest BCUT2D eigenvalue weighted by molar-refractivity contribution is 7.98. The van der Waals surface area contributed by atoms with Crippen molar-refractivity contribution in [2.24, 2.45) is 0 Å². The van der Waals surface area contributed by atoms with Crippen molar-refractivity contribution < 1.29 is 13.5 Å². The van der Waals surface area contributed by atoms with Crippen LogP contribution in [0, 0.1) is 11.6 Å². The normalized spacial score (nSPS) is 17.5. The van der Waals surface area contributed by atoms with Gasteiger partial charge in [-0.1, -0.05) is 30.3 Å². The fraction of sp³-hybridized carbons (Fsp3) is 0.346. The van der Waals surface area contributed by atoms with Crippen molar-refractivity contribution in [1.82, 2.24) is 19.9 Å². The SMILES string of the molecule is CSc1nc(OCC23CCCN2CCC3)nc2c(F)c(-c3cccc4cccc(F)c34)ncc12. The maximum absolute atomic E-state index is 15.9. The second-order valence-electron chi connectivity index (χ2n) is 9.05. The number of nitrogens with zero attached hydrogens (tertiary/aromatic N) is 4. The molecule has 2 aliphatic rings. The first-order valence-electron chi connectivity index (χ1n) is 11.6. The lowest BCUT2D eigenvalue weighted by molar-refractivity contribution is 0.107. The number of hydrogen-bond donors (Lipinski definition) is 0. The summed E-state index contributed by atoms with van der Waals surface area (Å²) < 4.78 is 36.7. The van der Waals surface area contributed by atoms with Crippen molar-refractivity contribution >= 4 is 33.4 Å². The number of pyridine rings is 1. The largest absolute Gasteiger partial charge is 0.461 e. The fourth-order valence-corrected chi connectivity index (χ4v) is 6.11. The molecule has 0 aliphatic carbocycles. The van der Waals surface area contributed by atoms with Crippen molar-refractivity contribution in [1.29, 1.82) is 0 Å². The molecule has 4 heterocycles. The minimum Gasteiger partial charge on any atom is -0.461 e. The molecule has 0 saturated carbocycles. The number of halogens is 2. The van der Waals surface area contributed by atoms with E-state index < -0.39 is 11.6 Å². The number of ether oxygens (including phenoxy) is 1. The van der Waals surface area contributed by atoms with Gasteiger partial charge in [-0.05, 0) is 56.5 Å². The summed E-state index contributed by atoms with van der Waals surface area (Å²) in [7, 11) is 0. The van der Waals surface area contributed by atoms with E-state index in [0.717, 1.165) is 25.9 Å². The highest BCUT2D eigenvalue weighted by atomic mass is 32.2. The first-order valence-corrected chi connectivity index (χ1v) is 12.8. The molecule has 34 heavy (non-hydrogen) atoms. The van der Waals surface area contributed by atoms with Crippen LogP contribution in [0.25, 0.3) is 32.9 Å². The molecule has 2 fully saturated rings. The summed E-state index contributed by atoms with van der Waals surface area (Å²) in [6, 6.07) is 10.3. The molecule has 2 aromatic carbocycles. The van der Waals surface area contributed by atoms with E-state index in [4.69, 9.17) is 4.74 Å². The van der Waals surface area contributed by atoms with Crippen molar-refractivity contribution in [3.63, 3.8) is 0 Å². The van der Waals surface area contributed by atoms with Gasteiger partial charge in [0.1, 0.15) is 28.7 Å². The molecule has 2 saturated heterocycles. The molecule has 174 valence electrons. The number of rotatable bonds is 5. The lowest BCUT2D eigenvalue weighted by Gasteiger charge is -2.31. The third-order valence-electron chi connectivity index (χ3n) is 7.21.